The average Bonchev–Trinajstić information content (AvgIpc) is 2.82. The summed E-state index contributed by atoms with van der Waals surface area (Å²) in [5, 5.41) is -0.0333. The standard InChI is InChI=1S/C12H11FN2O2S/c13-8-2-1-3-9-10(8)11(16)15(12(17)14-9)7-4-5-18-6-7/h1-3,7H,4-6H2,(H,14,17). The molecule has 1 aliphatic heterocycles. The van der Waals surface area contributed by atoms with Gasteiger partial charge < -0.3 is 4.98 Å². The summed E-state index contributed by atoms with van der Waals surface area (Å²) in [5.74, 6) is 1.06. The number of thioether (sulfide) groups is 1. The number of nitrogens with zero attached hydrogens (tertiary/aromatic N) is 1. The molecule has 0 saturated carbocycles. The predicted octanol–water partition coefficient (Wildman–Crippen LogP) is 1.51. The lowest BCUT2D eigenvalue weighted by Gasteiger charge is -2.12. The Morgan fingerprint density at radius 1 is 1.39 bits per heavy atom. The molecule has 3 rings (SSSR count). The summed E-state index contributed by atoms with van der Waals surface area (Å²) in [6.45, 7) is 0. The molecule has 1 fully saturated rings. The van der Waals surface area contributed by atoms with Crippen LogP contribution in [0.2, 0.25) is 0 Å². The van der Waals surface area contributed by atoms with Gasteiger partial charge in [0.25, 0.3) is 5.56 Å². The van der Waals surface area contributed by atoms with E-state index in [1.54, 1.807) is 11.8 Å². The van der Waals surface area contributed by atoms with E-state index in [0.29, 0.717) is 0 Å². The van der Waals surface area contributed by atoms with E-state index in [9.17, 15) is 14.0 Å². The highest BCUT2D eigenvalue weighted by molar-refractivity contribution is 7.99. The molecule has 4 nitrogen and oxygen atoms in total. The molecule has 1 aromatic carbocycles. The van der Waals surface area contributed by atoms with Crippen LogP contribution in [0.25, 0.3) is 10.9 Å². The van der Waals surface area contributed by atoms with Gasteiger partial charge in [-0.2, -0.15) is 11.8 Å². The van der Waals surface area contributed by atoms with Crippen LogP contribution in [0.5, 0.6) is 0 Å². The molecule has 1 unspecified atom stereocenters. The molecule has 94 valence electrons. The third-order valence-electron chi connectivity index (χ3n) is 3.18. The average molecular weight is 266 g/mol. The minimum absolute atomic E-state index is 0.0333. The van der Waals surface area contributed by atoms with Crippen LogP contribution >= 0.6 is 11.8 Å². The second-order valence-corrected chi connectivity index (χ2v) is 5.43. The van der Waals surface area contributed by atoms with Gasteiger partial charge in [0.1, 0.15) is 5.82 Å². The topological polar surface area (TPSA) is 54.9 Å². The van der Waals surface area contributed by atoms with Crippen LogP contribution < -0.4 is 11.2 Å². The molecule has 1 N–H and O–H groups in total. The Morgan fingerprint density at radius 2 is 2.22 bits per heavy atom. The molecule has 0 radical (unpaired) electrons. The zero-order valence-corrected chi connectivity index (χ0v) is 10.3. The highest BCUT2D eigenvalue weighted by Gasteiger charge is 2.22. The number of rotatable bonds is 1. The van der Waals surface area contributed by atoms with Crippen LogP contribution in [0.3, 0.4) is 0 Å². The summed E-state index contributed by atoms with van der Waals surface area (Å²) >= 11 is 1.70. The van der Waals surface area contributed by atoms with Crippen molar-refractivity contribution < 1.29 is 4.39 Å². The van der Waals surface area contributed by atoms with Crippen molar-refractivity contribution in [2.75, 3.05) is 11.5 Å². The number of fused-ring (bicyclic) bond motifs is 1. The van der Waals surface area contributed by atoms with E-state index in [1.165, 1.54) is 18.2 Å². The lowest BCUT2D eigenvalue weighted by Crippen LogP contribution is -2.38. The quantitative estimate of drug-likeness (QED) is 0.851. The van der Waals surface area contributed by atoms with Crippen LogP contribution in [0.15, 0.2) is 27.8 Å². The first-order valence-corrected chi connectivity index (χ1v) is 6.85. The number of hydrogen-bond acceptors (Lipinski definition) is 3. The molecule has 2 heterocycles. The molecule has 0 bridgehead atoms. The normalized spacial score (nSPS) is 19.5. The second kappa shape index (κ2) is 4.28. The van der Waals surface area contributed by atoms with Gasteiger partial charge in [-0.1, -0.05) is 6.07 Å². The van der Waals surface area contributed by atoms with Gasteiger partial charge in [-0.15, -0.1) is 0 Å². The van der Waals surface area contributed by atoms with Crippen molar-refractivity contribution >= 4 is 22.7 Å². The Balaban J connectivity index is 2.36. The van der Waals surface area contributed by atoms with Gasteiger partial charge in [0.2, 0.25) is 0 Å². The van der Waals surface area contributed by atoms with Gasteiger partial charge in [0.05, 0.1) is 16.9 Å². The molecule has 1 aromatic heterocycles. The number of benzene rings is 1. The molecule has 6 heteroatoms. The molecule has 18 heavy (non-hydrogen) atoms. The molecule has 1 saturated heterocycles. The van der Waals surface area contributed by atoms with Crippen molar-refractivity contribution in [2.45, 2.75) is 12.5 Å². The van der Waals surface area contributed by atoms with E-state index in [4.69, 9.17) is 0 Å². The first-order valence-electron chi connectivity index (χ1n) is 5.69. The number of hydrogen-bond donors (Lipinski definition) is 1. The highest BCUT2D eigenvalue weighted by atomic mass is 32.2. The Hall–Kier alpha value is -1.56. The largest absolute Gasteiger partial charge is 0.329 e. The Kier molecular flexibility index (Phi) is 2.74. The highest BCUT2D eigenvalue weighted by Crippen LogP contribution is 2.25. The maximum atomic E-state index is 13.7. The van der Waals surface area contributed by atoms with Crippen molar-refractivity contribution in [1.29, 1.82) is 0 Å². The van der Waals surface area contributed by atoms with Gasteiger partial charge in [0.15, 0.2) is 0 Å². The molecular weight excluding hydrogens is 255 g/mol. The second-order valence-electron chi connectivity index (χ2n) is 4.29. The molecule has 0 aliphatic carbocycles. The van der Waals surface area contributed by atoms with E-state index in [0.717, 1.165) is 22.5 Å². The predicted molar refractivity (Wildman–Crippen MR) is 69.8 cm³/mol. The Morgan fingerprint density at radius 3 is 2.94 bits per heavy atom. The maximum absolute atomic E-state index is 13.7. The minimum Gasteiger partial charge on any atom is -0.307 e. The minimum atomic E-state index is -0.590. The SMILES string of the molecule is O=c1[nH]c2cccc(F)c2c(=O)n1C1CCSC1. The van der Waals surface area contributed by atoms with Crippen LogP contribution in [-0.2, 0) is 0 Å². The zero-order chi connectivity index (χ0) is 12.7. The van der Waals surface area contributed by atoms with Gasteiger partial charge in [0, 0.05) is 5.75 Å². The fourth-order valence-corrected chi connectivity index (χ4v) is 3.48. The van der Waals surface area contributed by atoms with Crippen molar-refractivity contribution in [2.24, 2.45) is 0 Å². The first-order chi connectivity index (χ1) is 8.68. The van der Waals surface area contributed by atoms with E-state index >= 15 is 0 Å². The first kappa shape index (κ1) is 11.5. The van der Waals surface area contributed by atoms with Crippen LogP contribution in [0.4, 0.5) is 4.39 Å². The van der Waals surface area contributed by atoms with Gasteiger partial charge in [-0.25, -0.2) is 9.18 Å². The lowest BCUT2D eigenvalue weighted by atomic mass is 10.2. The fraction of sp³-hybridized carbons (Fsp3) is 0.333. The van der Waals surface area contributed by atoms with E-state index in [2.05, 4.69) is 4.98 Å². The molecule has 0 spiro atoms. The van der Waals surface area contributed by atoms with Crippen LogP contribution in [0.1, 0.15) is 12.5 Å². The van der Waals surface area contributed by atoms with Gasteiger partial charge >= 0.3 is 5.69 Å². The summed E-state index contributed by atoms with van der Waals surface area (Å²) < 4.78 is 14.9. The summed E-state index contributed by atoms with van der Waals surface area (Å²) in [5.41, 5.74) is -0.725. The van der Waals surface area contributed by atoms with Gasteiger partial charge in [-0.3, -0.25) is 9.36 Å². The number of nitrogens with one attached hydrogen (secondary N) is 1. The van der Waals surface area contributed by atoms with E-state index in [-0.39, 0.29) is 16.9 Å². The molecule has 0 amide bonds. The Labute approximate surface area is 106 Å². The van der Waals surface area contributed by atoms with Crippen LogP contribution in [0, 0.1) is 5.82 Å². The number of aromatic amines is 1. The third kappa shape index (κ3) is 1.68. The smallest absolute Gasteiger partial charge is 0.307 e. The monoisotopic (exact) mass is 266 g/mol. The van der Waals surface area contributed by atoms with Crippen molar-refractivity contribution in [1.82, 2.24) is 9.55 Å². The Bertz CT molecular complexity index is 716. The summed E-state index contributed by atoms with van der Waals surface area (Å²) in [4.78, 5) is 26.8. The lowest BCUT2D eigenvalue weighted by molar-refractivity contribution is 0.517. The zero-order valence-electron chi connectivity index (χ0n) is 9.48. The van der Waals surface area contributed by atoms with E-state index < -0.39 is 17.1 Å². The maximum Gasteiger partial charge on any atom is 0.329 e. The summed E-state index contributed by atoms with van der Waals surface area (Å²) in [7, 11) is 0. The molecule has 1 aliphatic rings. The van der Waals surface area contributed by atoms with Crippen molar-refractivity contribution in [3.63, 3.8) is 0 Å². The summed E-state index contributed by atoms with van der Waals surface area (Å²) in [6, 6.07) is 4.11. The summed E-state index contributed by atoms with van der Waals surface area (Å²) in [6.07, 6.45) is 0.771. The number of aromatic nitrogens is 2. The van der Waals surface area contributed by atoms with Gasteiger partial charge in [-0.05, 0) is 24.3 Å². The van der Waals surface area contributed by atoms with Crippen LogP contribution in [-0.4, -0.2) is 21.1 Å². The third-order valence-corrected chi connectivity index (χ3v) is 4.32. The van der Waals surface area contributed by atoms with E-state index in [1.807, 2.05) is 0 Å². The number of halogens is 1. The van der Waals surface area contributed by atoms with Crippen molar-refractivity contribution in [3.05, 3.63) is 44.9 Å². The molecule has 2 aromatic rings. The molecule has 1 atom stereocenters. The molecular formula is C12H11FN2O2S. The van der Waals surface area contributed by atoms with Crippen molar-refractivity contribution in [3.8, 4) is 0 Å². The fourth-order valence-electron chi connectivity index (χ4n) is 2.29. The number of H-pyrrole nitrogens is 1.